The van der Waals surface area contributed by atoms with Crippen LogP contribution in [0.1, 0.15) is 164 Å². The Hall–Kier alpha value is -2.19. The molecular weight excluding hydrogens is 652 g/mol. The van der Waals surface area contributed by atoms with Gasteiger partial charge >= 0.3 is 11.9 Å². The Labute approximate surface area is 314 Å². The van der Waals surface area contributed by atoms with E-state index in [0.717, 1.165) is 82.6 Å². The highest BCUT2D eigenvalue weighted by Gasteiger charge is 2.71. The van der Waals surface area contributed by atoms with Crippen molar-refractivity contribution in [2.24, 2.45) is 44.9 Å². The van der Waals surface area contributed by atoms with Crippen LogP contribution in [0.25, 0.3) is 0 Å². The molecule has 0 aromatic carbocycles. The predicted octanol–water partition coefficient (Wildman–Crippen LogP) is 8.74. The highest BCUT2D eigenvalue weighted by atomic mass is 16.6. The quantitative estimate of drug-likeness (QED) is 0.0791. The third-order valence-corrected chi connectivity index (χ3v) is 15.6. The van der Waals surface area contributed by atoms with Gasteiger partial charge in [0.2, 0.25) is 0 Å². The molecule has 52 heavy (non-hydrogen) atoms. The van der Waals surface area contributed by atoms with Crippen molar-refractivity contribution in [2.45, 2.75) is 194 Å². The molecular formula is C44H70N2O6. The van der Waals surface area contributed by atoms with Gasteiger partial charge in [0.25, 0.3) is 6.02 Å². The zero-order valence-electron chi connectivity index (χ0n) is 33.5. The Balaban J connectivity index is 1.41. The van der Waals surface area contributed by atoms with E-state index in [1.165, 1.54) is 25.3 Å². The second kappa shape index (κ2) is 15.9. The summed E-state index contributed by atoms with van der Waals surface area (Å²) in [6.07, 6.45) is 17.7. The zero-order chi connectivity index (χ0) is 37.4. The molecule has 6 rings (SSSR count). The van der Waals surface area contributed by atoms with Crippen LogP contribution in [0.4, 0.5) is 0 Å². The number of ether oxygens (including phenoxy) is 2. The van der Waals surface area contributed by atoms with E-state index in [1.54, 1.807) is 0 Å². The largest absolute Gasteiger partial charge is 0.458 e. The van der Waals surface area contributed by atoms with Crippen LogP contribution < -0.4 is 5.32 Å². The summed E-state index contributed by atoms with van der Waals surface area (Å²) in [4.78, 5) is 32.7. The van der Waals surface area contributed by atoms with Crippen molar-refractivity contribution in [1.29, 1.82) is 0 Å². The van der Waals surface area contributed by atoms with Crippen LogP contribution in [0.15, 0.2) is 27.8 Å². The summed E-state index contributed by atoms with van der Waals surface area (Å²) in [6.45, 7) is 14.9. The smallest absolute Gasteiger partial charge is 0.341 e. The van der Waals surface area contributed by atoms with Crippen LogP contribution >= 0.6 is 0 Å². The lowest BCUT2D eigenvalue weighted by molar-refractivity contribution is -0.234. The Morgan fingerprint density at radius 3 is 2.21 bits per heavy atom. The zero-order valence-corrected chi connectivity index (χ0v) is 33.5. The molecule has 0 saturated heterocycles. The summed E-state index contributed by atoms with van der Waals surface area (Å²) in [5.74, 6) is -0.311. The number of aliphatic imine (C=N–C) groups is 1. The summed E-state index contributed by atoms with van der Waals surface area (Å²) < 4.78 is 12.6. The Morgan fingerprint density at radius 2 is 1.56 bits per heavy atom. The van der Waals surface area contributed by atoms with Gasteiger partial charge in [-0.15, -0.1) is 0 Å². The number of carbonyl (C=O) groups excluding carboxylic acids is 2. The molecule has 0 heterocycles. The fourth-order valence-electron chi connectivity index (χ4n) is 12.8. The van der Waals surface area contributed by atoms with E-state index in [0.29, 0.717) is 43.2 Å². The summed E-state index contributed by atoms with van der Waals surface area (Å²) in [6, 6.07) is 0.729. The highest BCUT2D eigenvalue weighted by Crippen LogP contribution is 2.74. The van der Waals surface area contributed by atoms with Crippen LogP contribution in [0.3, 0.4) is 0 Å². The second-order valence-corrected chi connectivity index (χ2v) is 18.9. The summed E-state index contributed by atoms with van der Waals surface area (Å²) in [5, 5.41) is 26.9. The number of hydrogen-bond acceptors (Lipinski definition) is 7. The van der Waals surface area contributed by atoms with Gasteiger partial charge in [0.15, 0.2) is 0 Å². The molecule has 8 heteroatoms. The molecule has 6 aliphatic rings. The number of aliphatic hydroxyl groups excluding tert-OH is 2. The molecule has 6 fully saturated rings. The number of hydrogen-bond donors (Lipinski definition) is 3. The van der Waals surface area contributed by atoms with Crippen molar-refractivity contribution in [3.63, 3.8) is 0 Å². The minimum Gasteiger partial charge on any atom is -0.458 e. The molecule has 0 spiro atoms. The second-order valence-electron chi connectivity index (χ2n) is 18.9. The number of nitrogens with zero attached hydrogens (tertiary/aromatic N) is 1. The predicted molar refractivity (Wildman–Crippen MR) is 205 cm³/mol. The minimum absolute atomic E-state index is 0.0438. The van der Waals surface area contributed by atoms with Crippen LogP contribution in [-0.4, -0.2) is 58.6 Å². The number of esters is 2. The molecule has 0 aliphatic heterocycles. The molecule has 0 amide bonds. The van der Waals surface area contributed by atoms with Crippen molar-refractivity contribution in [2.75, 3.05) is 0 Å². The standard InChI is InChI=1S/C44H70N2O6/c1-27(2)15-14-20-32(40(50)52-41(45-30-16-10-8-11-17-30)46-31-18-12-9-13-19-31)38-34-25-36(49)39-42(5)23-22-35(48)28(3)33(42)21-24-43(39,6)44(34,7)26-37(38)51-29(4)47/h15,28,30-31,33-37,39,48-49H,8-14,16-26H2,1-7H3,(H,45,46)/b38-32-/t28-,33?,34?,35+,36+,37-,39?,42-,43-,44-/m0/s1. The van der Waals surface area contributed by atoms with E-state index < -0.39 is 18.2 Å². The highest BCUT2D eigenvalue weighted by molar-refractivity contribution is 5.98. The van der Waals surface area contributed by atoms with Gasteiger partial charge in [-0.25, -0.2) is 9.79 Å². The van der Waals surface area contributed by atoms with Crippen molar-refractivity contribution < 1.29 is 29.3 Å². The molecule has 3 N–H and O–H groups in total. The van der Waals surface area contributed by atoms with Crippen LogP contribution in [0.2, 0.25) is 0 Å². The number of allylic oxidation sites excluding steroid dienone is 2. The van der Waals surface area contributed by atoms with E-state index in [2.05, 4.69) is 52.9 Å². The lowest BCUT2D eigenvalue weighted by Crippen LogP contribution is -2.65. The normalized spacial score (nSPS) is 40.9. The van der Waals surface area contributed by atoms with Gasteiger partial charge < -0.3 is 25.0 Å². The summed E-state index contributed by atoms with van der Waals surface area (Å²) >= 11 is 0. The van der Waals surface area contributed by atoms with Crippen molar-refractivity contribution >= 4 is 18.0 Å². The number of amidine groups is 1. The number of nitrogens with one attached hydrogen (secondary N) is 1. The molecule has 6 saturated carbocycles. The van der Waals surface area contributed by atoms with Gasteiger partial charge in [-0.2, -0.15) is 0 Å². The van der Waals surface area contributed by atoms with Crippen molar-refractivity contribution in [3.05, 3.63) is 22.8 Å². The maximum atomic E-state index is 14.8. The van der Waals surface area contributed by atoms with Crippen LogP contribution in [0, 0.1) is 39.9 Å². The van der Waals surface area contributed by atoms with Gasteiger partial charge in [0.1, 0.15) is 6.10 Å². The molecule has 0 aromatic heterocycles. The third-order valence-electron chi connectivity index (χ3n) is 15.6. The number of aliphatic hydroxyl groups is 2. The van der Waals surface area contributed by atoms with Gasteiger partial charge in [-0.1, -0.05) is 77.9 Å². The minimum atomic E-state index is -0.573. The fraction of sp³-hybridized carbons (Fsp3) is 0.841. The molecule has 292 valence electrons. The summed E-state index contributed by atoms with van der Waals surface area (Å²) in [7, 11) is 0. The van der Waals surface area contributed by atoms with Crippen LogP contribution in [-0.2, 0) is 19.1 Å². The molecule has 0 aromatic rings. The molecule has 3 unspecified atom stereocenters. The molecule has 8 nitrogen and oxygen atoms in total. The topological polar surface area (TPSA) is 117 Å². The Morgan fingerprint density at radius 1 is 0.885 bits per heavy atom. The number of rotatable bonds is 7. The first kappa shape index (κ1) is 39.5. The van der Waals surface area contributed by atoms with Crippen molar-refractivity contribution in [1.82, 2.24) is 5.32 Å². The van der Waals surface area contributed by atoms with Crippen molar-refractivity contribution in [3.8, 4) is 0 Å². The molecule has 0 bridgehead atoms. The Kier molecular flexibility index (Phi) is 12.1. The van der Waals surface area contributed by atoms with E-state index in [-0.39, 0.29) is 58.2 Å². The van der Waals surface area contributed by atoms with Gasteiger partial charge in [0, 0.05) is 18.5 Å². The first-order chi connectivity index (χ1) is 24.7. The average Bonchev–Trinajstić information content (AvgIpc) is 3.36. The first-order valence-electron chi connectivity index (χ1n) is 21.1. The van der Waals surface area contributed by atoms with Crippen LogP contribution in [0.5, 0.6) is 0 Å². The van der Waals surface area contributed by atoms with E-state index in [9.17, 15) is 19.8 Å². The Bertz CT molecular complexity index is 1400. The lowest BCUT2D eigenvalue weighted by Gasteiger charge is -2.69. The number of fused-ring (bicyclic) bond motifs is 5. The van der Waals surface area contributed by atoms with E-state index >= 15 is 0 Å². The maximum absolute atomic E-state index is 14.8. The maximum Gasteiger partial charge on any atom is 0.341 e. The molecule has 10 atom stereocenters. The number of carbonyl (C=O) groups is 2. The van der Waals surface area contributed by atoms with Gasteiger partial charge in [0.05, 0.1) is 18.2 Å². The fourth-order valence-corrected chi connectivity index (χ4v) is 12.8. The lowest BCUT2D eigenvalue weighted by atomic mass is 9.36. The van der Waals surface area contributed by atoms with E-state index in [1.807, 2.05) is 0 Å². The first-order valence-corrected chi connectivity index (χ1v) is 21.1. The van der Waals surface area contributed by atoms with E-state index in [4.69, 9.17) is 14.5 Å². The van der Waals surface area contributed by atoms with Gasteiger partial charge in [-0.3, -0.25) is 4.79 Å². The molecule has 0 radical (unpaired) electrons. The SMILES string of the molecule is CC(=O)O[C@H]1C[C@@]2(C)C(C[C@@H](O)C3[C@@]4(C)CC[C@@H](O)[C@@H](C)C4CC[C@@]32C)/C1=C(\CCC=C(C)C)C(=O)OC(=NC1CCCCC1)NC1CCCCC1. The third kappa shape index (κ3) is 7.55. The molecule has 6 aliphatic carbocycles. The van der Waals surface area contributed by atoms with Gasteiger partial charge in [-0.05, 0) is 136 Å². The summed E-state index contributed by atoms with van der Waals surface area (Å²) in [5.41, 5.74) is 1.95. The monoisotopic (exact) mass is 723 g/mol. The average molecular weight is 723 g/mol.